The van der Waals surface area contributed by atoms with Gasteiger partial charge in [-0.05, 0) is 11.5 Å². The molecule has 0 bridgehead atoms. The van der Waals surface area contributed by atoms with E-state index in [-0.39, 0.29) is 0 Å². The van der Waals surface area contributed by atoms with Crippen LogP contribution >= 0.6 is 34.5 Å². The molecule has 0 spiro atoms. The number of hydrogen-bond donors (Lipinski definition) is 0. The van der Waals surface area contributed by atoms with Crippen LogP contribution in [-0.2, 0) is 5.88 Å². The van der Waals surface area contributed by atoms with Crippen LogP contribution in [0.2, 0.25) is 0 Å². The summed E-state index contributed by atoms with van der Waals surface area (Å²) in [4.78, 5) is 5.11. The maximum absolute atomic E-state index is 5.70. The van der Waals surface area contributed by atoms with E-state index in [0.29, 0.717) is 5.88 Å². The molecule has 12 heavy (non-hydrogen) atoms. The van der Waals surface area contributed by atoms with Crippen molar-refractivity contribution in [1.82, 2.24) is 14.6 Å². The van der Waals surface area contributed by atoms with Gasteiger partial charge in [0.2, 0.25) is 0 Å². The van der Waals surface area contributed by atoms with Crippen molar-refractivity contribution in [2.45, 2.75) is 5.88 Å². The summed E-state index contributed by atoms with van der Waals surface area (Å²) in [6.45, 7) is 0. The van der Waals surface area contributed by atoms with E-state index in [1.165, 1.54) is 11.5 Å². The number of aromatic nitrogens is 3. The summed E-state index contributed by atoms with van der Waals surface area (Å²) in [6.07, 6.45) is 1.75. The summed E-state index contributed by atoms with van der Waals surface area (Å²) in [5.74, 6) is 0.451. The normalized spacial score (nSPS) is 10.4. The van der Waals surface area contributed by atoms with Gasteiger partial charge in [-0.15, -0.1) is 28.0 Å². The molecule has 2 aromatic heterocycles. The lowest BCUT2D eigenvalue weighted by molar-refractivity contribution is 1.15. The first-order valence-electron chi connectivity index (χ1n) is 3.19. The zero-order valence-electron chi connectivity index (χ0n) is 5.90. The van der Waals surface area contributed by atoms with Gasteiger partial charge in [0.25, 0.3) is 0 Å². The molecular formula is C6H4ClN3S2. The average Bonchev–Trinajstić information content (AvgIpc) is 2.74. The fourth-order valence-electron chi connectivity index (χ4n) is 0.800. The van der Waals surface area contributed by atoms with Crippen molar-refractivity contribution < 1.29 is 0 Å². The van der Waals surface area contributed by atoms with Crippen LogP contribution in [0.4, 0.5) is 0 Å². The van der Waals surface area contributed by atoms with E-state index >= 15 is 0 Å². The van der Waals surface area contributed by atoms with Crippen LogP contribution in [0.1, 0.15) is 4.88 Å². The topological polar surface area (TPSA) is 38.7 Å². The fraction of sp³-hybridized carbons (Fsp3) is 0.167. The minimum Gasteiger partial charge on any atom is -0.243 e. The molecule has 2 heterocycles. The lowest BCUT2D eigenvalue weighted by Gasteiger charge is -1.89. The molecule has 62 valence electrons. The van der Waals surface area contributed by atoms with Gasteiger partial charge in [-0.1, -0.05) is 4.49 Å². The Hall–Kier alpha value is -0.520. The SMILES string of the molecule is ClCc1snnc1-c1nccs1. The Morgan fingerprint density at radius 1 is 1.50 bits per heavy atom. The minimum absolute atomic E-state index is 0.451. The van der Waals surface area contributed by atoms with Gasteiger partial charge in [-0.3, -0.25) is 0 Å². The van der Waals surface area contributed by atoms with Gasteiger partial charge >= 0.3 is 0 Å². The quantitative estimate of drug-likeness (QED) is 0.726. The molecule has 0 atom stereocenters. The van der Waals surface area contributed by atoms with Crippen LogP contribution in [0.15, 0.2) is 11.6 Å². The molecule has 2 aromatic rings. The van der Waals surface area contributed by atoms with Crippen molar-refractivity contribution in [3.8, 4) is 10.7 Å². The van der Waals surface area contributed by atoms with Gasteiger partial charge in [0.05, 0.1) is 10.8 Å². The Bertz CT molecular complexity index is 357. The molecule has 0 amide bonds. The number of halogens is 1. The largest absolute Gasteiger partial charge is 0.243 e. The molecule has 0 aliphatic heterocycles. The minimum atomic E-state index is 0.451. The Balaban J connectivity index is 2.46. The first-order valence-corrected chi connectivity index (χ1v) is 5.37. The van der Waals surface area contributed by atoms with Crippen molar-refractivity contribution >= 4 is 34.5 Å². The molecule has 0 unspecified atom stereocenters. The second kappa shape index (κ2) is 3.47. The van der Waals surface area contributed by atoms with Crippen LogP contribution < -0.4 is 0 Å². The van der Waals surface area contributed by atoms with Crippen LogP contribution in [0.3, 0.4) is 0 Å². The number of hydrogen-bond acceptors (Lipinski definition) is 5. The Labute approximate surface area is 82.2 Å². The zero-order valence-corrected chi connectivity index (χ0v) is 8.29. The van der Waals surface area contributed by atoms with Crippen molar-refractivity contribution in [3.05, 3.63) is 16.5 Å². The molecule has 0 aliphatic carbocycles. The highest BCUT2D eigenvalue weighted by atomic mass is 35.5. The lowest BCUT2D eigenvalue weighted by Crippen LogP contribution is -1.80. The van der Waals surface area contributed by atoms with Gasteiger partial charge in [0.1, 0.15) is 10.7 Å². The fourth-order valence-corrected chi connectivity index (χ4v) is 2.28. The van der Waals surface area contributed by atoms with Gasteiger partial charge in [-0.2, -0.15) is 0 Å². The Morgan fingerprint density at radius 3 is 3.08 bits per heavy atom. The maximum Gasteiger partial charge on any atom is 0.144 e. The Kier molecular flexibility index (Phi) is 2.34. The highest BCUT2D eigenvalue weighted by molar-refractivity contribution is 7.13. The molecule has 0 radical (unpaired) electrons. The average molecular weight is 218 g/mol. The highest BCUT2D eigenvalue weighted by Gasteiger charge is 2.10. The first-order chi connectivity index (χ1) is 5.92. The van der Waals surface area contributed by atoms with E-state index in [0.717, 1.165) is 15.6 Å². The summed E-state index contributed by atoms with van der Waals surface area (Å²) < 4.78 is 3.82. The summed E-state index contributed by atoms with van der Waals surface area (Å²) in [6, 6.07) is 0. The number of rotatable bonds is 2. The molecule has 0 aromatic carbocycles. The summed E-state index contributed by atoms with van der Waals surface area (Å²) >= 11 is 8.56. The van der Waals surface area contributed by atoms with Gasteiger partial charge in [-0.25, -0.2) is 4.98 Å². The van der Waals surface area contributed by atoms with Crippen LogP contribution in [0.5, 0.6) is 0 Å². The van der Waals surface area contributed by atoms with Gasteiger partial charge < -0.3 is 0 Å². The van der Waals surface area contributed by atoms with Crippen LogP contribution in [0.25, 0.3) is 10.7 Å². The summed E-state index contributed by atoms with van der Waals surface area (Å²) in [5.41, 5.74) is 0.824. The van der Waals surface area contributed by atoms with E-state index in [4.69, 9.17) is 11.6 Å². The van der Waals surface area contributed by atoms with E-state index in [1.54, 1.807) is 17.5 Å². The molecule has 6 heteroatoms. The predicted octanol–water partition coefficient (Wildman–Crippen LogP) is 2.40. The van der Waals surface area contributed by atoms with Gasteiger partial charge in [0.15, 0.2) is 0 Å². The third-order valence-electron chi connectivity index (χ3n) is 1.31. The second-order valence-corrected chi connectivity index (χ2v) is 4.02. The van der Waals surface area contributed by atoms with Crippen LogP contribution in [0, 0.1) is 0 Å². The van der Waals surface area contributed by atoms with Crippen molar-refractivity contribution in [2.24, 2.45) is 0 Å². The molecule has 0 saturated heterocycles. The third kappa shape index (κ3) is 1.35. The first kappa shape index (κ1) is 8.10. The van der Waals surface area contributed by atoms with Gasteiger partial charge in [0, 0.05) is 11.6 Å². The maximum atomic E-state index is 5.70. The molecule has 3 nitrogen and oxygen atoms in total. The second-order valence-electron chi connectivity index (χ2n) is 2.02. The summed E-state index contributed by atoms with van der Waals surface area (Å²) in [7, 11) is 0. The monoisotopic (exact) mass is 217 g/mol. The van der Waals surface area contributed by atoms with E-state index < -0.39 is 0 Å². The molecular weight excluding hydrogens is 214 g/mol. The molecule has 0 aliphatic rings. The molecule has 0 fully saturated rings. The number of alkyl halides is 1. The molecule has 2 rings (SSSR count). The zero-order chi connectivity index (χ0) is 8.39. The van der Waals surface area contributed by atoms with E-state index in [1.807, 2.05) is 5.38 Å². The van der Waals surface area contributed by atoms with E-state index in [2.05, 4.69) is 14.6 Å². The molecule has 0 N–H and O–H groups in total. The third-order valence-corrected chi connectivity index (χ3v) is 3.24. The van der Waals surface area contributed by atoms with Crippen LogP contribution in [-0.4, -0.2) is 14.6 Å². The van der Waals surface area contributed by atoms with Crippen molar-refractivity contribution in [3.63, 3.8) is 0 Å². The smallest absolute Gasteiger partial charge is 0.144 e. The molecule has 0 saturated carbocycles. The standard InChI is InChI=1S/C6H4ClN3S2/c7-3-4-5(9-10-12-4)6-8-1-2-11-6/h1-2H,3H2. The highest BCUT2D eigenvalue weighted by Crippen LogP contribution is 2.26. The lowest BCUT2D eigenvalue weighted by atomic mass is 10.4. The Morgan fingerprint density at radius 2 is 2.42 bits per heavy atom. The van der Waals surface area contributed by atoms with E-state index in [9.17, 15) is 0 Å². The summed E-state index contributed by atoms with van der Waals surface area (Å²) in [5, 5.41) is 6.76. The number of nitrogens with zero attached hydrogens (tertiary/aromatic N) is 3. The van der Waals surface area contributed by atoms with Crippen molar-refractivity contribution in [2.75, 3.05) is 0 Å². The van der Waals surface area contributed by atoms with Crippen molar-refractivity contribution in [1.29, 1.82) is 0 Å². The number of thiazole rings is 1. The predicted molar refractivity (Wildman–Crippen MR) is 50.6 cm³/mol.